The van der Waals surface area contributed by atoms with Crippen molar-refractivity contribution < 1.29 is 31.9 Å². The number of halogens is 5. The molecule has 244 valence electrons. The number of nitrogens with zero attached hydrogens (tertiary/aromatic N) is 5. The highest BCUT2D eigenvalue weighted by molar-refractivity contribution is 6.34. The topological polar surface area (TPSA) is 138 Å². The Kier molecular flexibility index (Phi) is 8.27. The van der Waals surface area contributed by atoms with Gasteiger partial charge in [0.05, 0.1) is 34.6 Å². The SMILES string of the molecule is C=C(F)Cn1cc(-c2cnc(C(=O)Nc3ccc(C(=O)N[C@H]4[C@@H]5CN(C(=O)N[C@H]6CCNC6)C[C@@H]54)c(Cl)c3)n2C)c(C(F)(F)F)n1. The number of hydrogen-bond donors (Lipinski definition) is 4. The average Bonchev–Trinajstić information content (AvgIpc) is 3.58. The van der Waals surface area contributed by atoms with E-state index in [1.165, 1.54) is 25.2 Å². The third-order valence-corrected chi connectivity index (χ3v) is 8.78. The standard InChI is InChI=1S/C29H30ClF4N9O3/c1-14(31)10-43-13-20(24(40-43)29(32,33)34)22-9-36-25(41(22)2)27(45)37-15-3-4-17(21(30)7-15)26(44)39-23-18-11-42(12-19(18)23)28(46)38-16-5-6-35-8-16/h3-4,7,9,13,16,18-19,23,35H,1,5-6,8,10-12H2,2H3,(H,37,45)(H,38,46)(H,39,44)/t16-,18-,19+,23+/m0/s1. The van der Waals surface area contributed by atoms with Gasteiger partial charge in [0.15, 0.2) is 11.5 Å². The number of carbonyl (C=O) groups excluding carboxylic acids is 3. The molecule has 2 aromatic heterocycles. The van der Waals surface area contributed by atoms with Crippen LogP contribution < -0.4 is 21.3 Å². The fourth-order valence-corrected chi connectivity index (χ4v) is 6.36. The largest absolute Gasteiger partial charge is 0.435 e. The number of piperidine rings is 1. The molecule has 2 aliphatic heterocycles. The van der Waals surface area contributed by atoms with Crippen LogP contribution in [0.4, 0.5) is 28.0 Å². The highest BCUT2D eigenvalue weighted by atomic mass is 35.5. The van der Waals surface area contributed by atoms with E-state index in [0.717, 1.165) is 41.2 Å². The Morgan fingerprint density at radius 2 is 1.89 bits per heavy atom. The number of fused-ring (bicyclic) bond motifs is 1. The number of rotatable bonds is 8. The average molecular weight is 664 g/mol. The zero-order chi connectivity index (χ0) is 32.9. The van der Waals surface area contributed by atoms with Gasteiger partial charge in [-0.2, -0.15) is 18.3 Å². The molecule has 4 N–H and O–H groups in total. The summed E-state index contributed by atoms with van der Waals surface area (Å²) < 4.78 is 56.2. The maximum absolute atomic E-state index is 13.7. The van der Waals surface area contributed by atoms with Crippen molar-refractivity contribution in [3.63, 3.8) is 0 Å². The van der Waals surface area contributed by atoms with Crippen LogP contribution in [0.25, 0.3) is 11.3 Å². The molecule has 0 spiro atoms. The quantitative estimate of drug-likeness (QED) is 0.273. The number of aromatic nitrogens is 4. The van der Waals surface area contributed by atoms with Crippen LogP contribution in [-0.4, -0.2) is 80.3 Å². The van der Waals surface area contributed by atoms with Gasteiger partial charge in [-0.1, -0.05) is 18.2 Å². The molecule has 12 nitrogen and oxygen atoms in total. The van der Waals surface area contributed by atoms with E-state index >= 15 is 0 Å². The van der Waals surface area contributed by atoms with Gasteiger partial charge >= 0.3 is 12.2 Å². The summed E-state index contributed by atoms with van der Waals surface area (Å²) in [6.07, 6.45) is -1.86. The number of imidazole rings is 1. The second kappa shape index (κ2) is 12.1. The molecule has 3 fully saturated rings. The first-order valence-electron chi connectivity index (χ1n) is 14.5. The van der Waals surface area contributed by atoms with Gasteiger partial charge in [-0.25, -0.2) is 14.2 Å². The highest BCUT2D eigenvalue weighted by Gasteiger charge is 2.57. The molecule has 3 aliphatic rings. The van der Waals surface area contributed by atoms with Gasteiger partial charge in [-0.05, 0) is 31.2 Å². The first-order valence-corrected chi connectivity index (χ1v) is 14.9. The van der Waals surface area contributed by atoms with Crippen molar-refractivity contribution in [1.29, 1.82) is 0 Å². The molecule has 0 radical (unpaired) electrons. The number of urea groups is 1. The third-order valence-electron chi connectivity index (χ3n) is 8.47. The van der Waals surface area contributed by atoms with Gasteiger partial charge < -0.3 is 30.7 Å². The minimum Gasteiger partial charge on any atom is -0.349 e. The van der Waals surface area contributed by atoms with Crippen LogP contribution >= 0.6 is 11.6 Å². The molecule has 17 heteroatoms. The summed E-state index contributed by atoms with van der Waals surface area (Å²) in [7, 11) is 1.36. The summed E-state index contributed by atoms with van der Waals surface area (Å²) >= 11 is 6.39. The maximum Gasteiger partial charge on any atom is 0.435 e. The van der Waals surface area contributed by atoms with Crippen LogP contribution in [0.2, 0.25) is 5.02 Å². The lowest BCUT2D eigenvalue weighted by Crippen LogP contribution is -2.46. The van der Waals surface area contributed by atoms with E-state index in [4.69, 9.17) is 11.6 Å². The fourth-order valence-electron chi connectivity index (χ4n) is 6.09. The van der Waals surface area contributed by atoms with E-state index in [9.17, 15) is 31.9 Å². The Morgan fingerprint density at radius 3 is 2.52 bits per heavy atom. The van der Waals surface area contributed by atoms with Crippen LogP contribution in [-0.2, 0) is 19.8 Å². The Morgan fingerprint density at radius 1 is 1.15 bits per heavy atom. The molecule has 4 atom stereocenters. The van der Waals surface area contributed by atoms with E-state index in [2.05, 4.69) is 37.9 Å². The highest BCUT2D eigenvalue weighted by Crippen LogP contribution is 2.45. The molecule has 1 aliphatic carbocycles. The van der Waals surface area contributed by atoms with Crippen molar-refractivity contribution in [3.05, 3.63) is 65.1 Å². The summed E-state index contributed by atoms with van der Waals surface area (Å²) in [4.78, 5) is 44.3. The molecule has 0 bridgehead atoms. The van der Waals surface area contributed by atoms with Crippen LogP contribution in [0.1, 0.15) is 33.1 Å². The van der Waals surface area contributed by atoms with E-state index in [-0.39, 0.29) is 63.6 Å². The second-order valence-corrected chi connectivity index (χ2v) is 12.1. The van der Waals surface area contributed by atoms with Crippen molar-refractivity contribution in [2.24, 2.45) is 18.9 Å². The summed E-state index contributed by atoms with van der Waals surface area (Å²) in [6.45, 7) is 5.25. The number of anilines is 1. The molecule has 1 aromatic carbocycles. The van der Waals surface area contributed by atoms with E-state index < -0.39 is 35.7 Å². The molecular formula is C29H30ClF4N9O3. The monoisotopic (exact) mass is 663 g/mol. The van der Waals surface area contributed by atoms with Crippen LogP contribution in [0.3, 0.4) is 0 Å². The van der Waals surface area contributed by atoms with Crippen molar-refractivity contribution in [2.75, 3.05) is 31.5 Å². The molecule has 2 saturated heterocycles. The lowest BCUT2D eigenvalue weighted by atomic mass is 10.2. The zero-order valence-electron chi connectivity index (χ0n) is 24.5. The smallest absolute Gasteiger partial charge is 0.349 e. The lowest BCUT2D eigenvalue weighted by Gasteiger charge is -2.23. The molecule has 4 amide bonds. The maximum atomic E-state index is 13.7. The number of amides is 4. The number of hydrogen-bond acceptors (Lipinski definition) is 6. The Balaban J connectivity index is 1.07. The number of likely N-dealkylation sites (tertiary alicyclic amines) is 1. The predicted octanol–water partition coefficient (Wildman–Crippen LogP) is 3.42. The zero-order valence-corrected chi connectivity index (χ0v) is 25.3. The van der Waals surface area contributed by atoms with Gasteiger partial charge in [0.1, 0.15) is 5.83 Å². The number of benzene rings is 1. The Labute approximate surface area is 265 Å². The lowest BCUT2D eigenvalue weighted by molar-refractivity contribution is -0.141. The number of allylic oxidation sites excluding steroid dienone is 1. The van der Waals surface area contributed by atoms with Crippen molar-refractivity contribution in [2.45, 2.75) is 31.2 Å². The molecule has 4 heterocycles. The first kappa shape index (κ1) is 31.5. The van der Waals surface area contributed by atoms with Crippen molar-refractivity contribution >= 4 is 35.1 Å². The van der Waals surface area contributed by atoms with E-state index in [1.54, 1.807) is 4.90 Å². The van der Waals surface area contributed by atoms with Gasteiger partial charge in [-0.3, -0.25) is 14.3 Å². The normalized spacial score (nSPS) is 22.0. The van der Waals surface area contributed by atoms with Crippen molar-refractivity contribution in [3.8, 4) is 11.3 Å². The molecule has 46 heavy (non-hydrogen) atoms. The van der Waals surface area contributed by atoms with Crippen LogP contribution in [0.15, 0.2) is 43.0 Å². The molecule has 0 unspecified atom stereocenters. The predicted molar refractivity (Wildman–Crippen MR) is 159 cm³/mol. The minimum absolute atomic E-state index is 0.0708. The molecular weight excluding hydrogens is 634 g/mol. The summed E-state index contributed by atoms with van der Waals surface area (Å²) in [5.41, 5.74) is -1.31. The van der Waals surface area contributed by atoms with Gasteiger partial charge in [-0.15, -0.1) is 0 Å². The molecule has 1 saturated carbocycles. The van der Waals surface area contributed by atoms with Gasteiger partial charge in [0, 0.05) is 62.5 Å². The minimum atomic E-state index is -4.85. The Bertz CT molecular complexity index is 1700. The molecule has 3 aromatic rings. The van der Waals surface area contributed by atoms with Crippen LogP contribution in [0.5, 0.6) is 0 Å². The first-order chi connectivity index (χ1) is 21.8. The number of nitrogens with one attached hydrogen (secondary N) is 4. The summed E-state index contributed by atoms with van der Waals surface area (Å²) in [6, 6.07) is 4.28. The fraction of sp³-hybridized carbons (Fsp3) is 0.414. The summed E-state index contributed by atoms with van der Waals surface area (Å²) in [5.74, 6) is -1.89. The van der Waals surface area contributed by atoms with Crippen molar-refractivity contribution in [1.82, 2.24) is 40.2 Å². The summed E-state index contributed by atoms with van der Waals surface area (Å²) in [5, 5.41) is 15.3. The van der Waals surface area contributed by atoms with E-state index in [1.807, 2.05) is 0 Å². The number of carbonyl (C=O) groups is 3. The van der Waals surface area contributed by atoms with Gasteiger partial charge in [0.2, 0.25) is 0 Å². The number of alkyl halides is 3. The third kappa shape index (κ3) is 6.31. The van der Waals surface area contributed by atoms with Gasteiger partial charge in [0.25, 0.3) is 11.8 Å². The van der Waals surface area contributed by atoms with Crippen LogP contribution in [0, 0.1) is 11.8 Å². The van der Waals surface area contributed by atoms with E-state index in [0.29, 0.717) is 13.1 Å². The Hall–Kier alpha value is -4.44. The second-order valence-electron chi connectivity index (χ2n) is 11.6. The molecule has 6 rings (SSSR count).